The summed E-state index contributed by atoms with van der Waals surface area (Å²) in [6, 6.07) is 23.8. The molecule has 334 valence electrons. The SMILES string of the molecule is CCOP(=O)(CC[C@H]1O[C@H](Oc2ccc(OC)cc2)[C@@H](OCc2ccc(OC)c(OC)c2)[C@@H](OCc2ccc(OC)c(OC)c2)[C@@H]1OCc1ccc(OC)c(OC)c1)OCC. The van der Waals surface area contributed by atoms with Crippen LogP contribution in [0, 0.1) is 0 Å². The fourth-order valence-corrected chi connectivity index (χ4v) is 8.59. The van der Waals surface area contributed by atoms with E-state index >= 15 is 0 Å². The van der Waals surface area contributed by atoms with Crippen LogP contribution in [0.3, 0.4) is 0 Å². The van der Waals surface area contributed by atoms with Gasteiger partial charge in [-0.15, -0.1) is 0 Å². The first-order valence-electron chi connectivity index (χ1n) is 20.0. The number of methoxy groups -OCH3 is 7. The van der Waals surface area contributed by atoms with Gasteiger partial charge in [-0.3, -0.25) is 4.57 Å². The third kappa shape index (κ3) is 12.7. The van der Waals surface area contributed by atoms with Gasteiger partial charge in [0.25, 0.3) is 0 Å². The highest BCUT2D eigenvalue weighted by Gasteiger charge is 2.50. The first-order chi connectivity index (χ1) is 29.6. The van der Waals surface area contributed by atoms with Crippen molar-refractivity contribution in [3.05, 3.63) is 95.6 Å². The number of hydrogen-bond donors (Lipinski definition) is 0. The second kappa shape index (κ2) is 23.5. The van der Waals surface area contributed by atoms with Crippen LogP contribution in [0.25, 0.3) is 0 Å². The second-order valence-corrected chi connectivity index (χ2v) is 15.9. The summed E-state index contributed by atoms with van der Waals surface area (Å²) in [4.78, 5) is 0. The van der Waals surface area contributed by atoms with Gasteiger partial charge in [-0.1, -0.05) is 18.2 Å². The van der Waals surface area contributed by atoms with Gasteiger partial charge in [0.2, 0.25) is 6.29 Å². The van der Waals surface area contributed by atoms with E-state index in [1.54, 1.807) is 87.9 Å². The zero-order valence-electron chi connectivity index (χ0n) is 36.4. The molecule has 0 saturated carbocycles. The minimum atomic E-state index is -3.53. The summed E-state index contributed by atoms with van der Waals surface area (Å²) in [5.74, 6) is 4.49. The molecule has 0 bridgehead atoms. The molecule has 1 fully saturated rings. The summed E-state index contributed by atoms with van der Waals surface area (Å²) in [6.45, 7) is 4.27. The van der Waals surface area contributed by atoms with Crippen LogP contribution in [0.4, 0.5) is 0 Å². The predicted octanol–water partition coefficient (Wildman–Crippen LogP) is 8.26. The molecule has 0 N–H and O–H groups in total. The summed E-state index contributed by atoms with van der Waals surface area (Å²) in [5.41, 5.74) is 2.38. The van der Waals surface area contributed by atoms with Gasteiger partial charge in [0.15, 0.2) is 34.5 Å². The first-order valence-corrected chi connectivity index (χ1v) is 21.7. The lowest BCUT2D eigenvalue weighted by molar-refractivity contribution is -0.304. The van der Waals surface area contributed by atoms with E-state index in [0.717, 1.165) is 16.7 Å². The Labute approximate surface area is 358 Å². The van der Waals surface area contributed by atoms with Crippen LogP contribution in [-0.2, 0) is 52.4 Å². The Bertz CT molecular complexity index is 1980. The van der Waals surface area contributed by atoms with Crippen molar-refractivity contribution >= 4 is 7.60 Å². The zero-order chi connectivity index (χ0) is 43.8. The highest BCUT2D eigenvalue weighted by atomic mass is 31.2. The molecule has 61 heavy (non-hydrogen) atoms. The molecule has 0 radical (unpaired) electrons. The maximum Gasteiger partial charge on any atom is 0.330 e. The Morgan fingerprint density at radius 2 is 0.902 bits per heavy atom. The van der Waals surface area contributed by atoms with Crippen molar-refractivity contribution in [1.82, 2.24) is 0 Å². The van der Waals surface area contributed by atoms with Crippen molar-refractivity contribution in [3.8, 4) is 46.0 Å². The second-order valence-electron chi connectivity index (χ2n) is 13.7. The van der Waals surface area contributed by atoms with Crippen LogP contribution >= 0.6 is 7.60 Å². The number of ether oxygens (including phenoxy) is 12. The van der Waals surface area contributed by atoms with E-state index in [-0.39, 0.29) is 45.6 Å². The first kappa shape index (κ1) is 47.3. The Morgan fingerprint density at radius 1 is 0.492 bits per heavy atom. The van der Waals surface area contributed by atoms with Crippen molar-refractivity contribution in [2.75, 3.05) is 69.1 Å². The molecule has 4 aromatic carbocycles. The van der Waals surface area contributed by atoms with Crippen LogP contribution in [0.15, 0.2) is 78.9 Å². The fraction of sp³-hybridized carbons (Fsp3) is 0.467. The molecule has 0 amide bonds. The molecule has 1 heterocycles. The van der Waals surface area contributed by atoms with Gasteiger partial charge in [0.1, 0.15) is 29.8 Å². The van der Waals surface area contributed by atoms with E-state index in [1.165, 1.54) is 0 Å². The van der Waals surface area contributed by atoms with Gasteiger partial charge in [0.05, 0.1) is 95.1 Å². The summed E-state index contributed by atoms with van der Waals surface area (Å²) >= 11 is 0. The van der Waals surface area contributed by atoms with Gasteiger partial charge in [-0.25, -0.2) is 0 Å². The van der Waals surface area contributed by atoms with Crippen LogP contribution in [0.2, 0.25) is 0 Å². The predicted molar refractivity (Wildman–Crippen MR) is 227 cm³/mol. The summed E-state index contributed by atoms with van der Waals surface area (Å²) in [7, 11) is 7.52. The maximum atomic E-state index is 13.9. The van der Waals surface area contributed by atoms with Crippen LogP contribution in [0.5, 0.6) is 46.0 Å². The third-order valence-electron chi connectivity index (χ3n) is 9.91. The lowest BCUT2D eigenvalue weighted by Crippen LogP contribution is -2.61. The number of rotatable bonds is 25. The van der Waals surface area contributed by atoms with E-state index in [1.807, 2.05) is 54.6 Å². The standard InChI is InChI=1S/C45H59O15P/c1-10-57-61(46,58-11-2)23-22-38-42(54-27-30-12-19-35(48-4)39(24-30)51-7)43(55-28-31-13-20-36(49-5)40(25-31)52-8)44(45(60-38)59-34-17-15-33(47-3)16-18-34)56-29-32-14-21-37(50-6)41(26-32)53-9/h12-21,24-26,38,42-45H,10-11,22-23,27-29H2,1-9H3/t38-,42-,43+,44+,45+/m1/s1. The smallest absolute Gasteiger partial charge is 0.330 e. The van der Waals surface area contributed by atoms with E-state index < -0.39 is 38.3 Å². The highest BCUT2D eigenvalue weighted by molar-refractivity contribution is 7.53. The Balaban J connectivity index is 1.60. The molecule has 1 saturated heterocycles. The van der Waals surface area contributed by atoms with E-state index in [2.05, 4.69) is 0 Å². The van der Waals surface area contributed by atoms with Gasteiger partial charge in [0, 0.05) is 0 Å². The molecule has 5 atom stereocenters. The van der Waals surface area contributed by atoms with Crippen LogP contribution < -0.4 is 37.9 Å². The molecule has 16 heteroatoms. The summed E-state index contributed by atoms with van der Waals surface area (Å²) in [5, 5.41) is 0. The fourth-order valence-electron chi connectivity index (χ4n) is 6.90. The molecule has 1 aliphatic heterocycles. The minimum absolute atomic E-state index is 0.0321. The number of benzene rings is 4. The van der Waals surface area contributed by atoms with E-state index in [0.29, 0.717) is 46.0 Å². The van der Waals surface area contributed by atoms with Crippen molar-refractivity contribution in [2.45, 2.75) is 70.8 Å². The molecule has 0 aromatic heterocycles. The molecule has 0 unspecified atom stereocenters. The van der Waals surface area contributed by atoms with Gasteiger partial charge >= 0.3 is 7.60 Å². The molecule has 1 aliphatic rings. The lowest BCUT2D eigenvalue weighted by Gasteiger charge is -2.46. The number of hydrogen-bond acceptors (Lipinski definition) is 15. The van der Waals surface area contributed by atoms with Crippen molar-refractivity contribution in [1.29, 1.82) is 0 Å². The van der Waals surface area contributed by atoms with E-state index in [4.69, 9.17) is 65.9 Å². The zero-order valence-corrected chi connectivity index (χ0v) is 37.3. The van der Waals surface area contributed by atoms with E-state index in [9.17, 15) is 4.57 Å². The monoisotopic (exact) mass is 870 g/mol. The maximum absolute atomic E-state index is 13.9. The Hall–Kier alpha value is -4.73. The molecule has 15 nitrogen and oxygen atoms in total. The topological polar surface area (TPSA) is 146 Å². The largest absolute Gasteiger partial charge is 0.497 e. The summed E-state index contributed by atoms with van der Waals surface area (Å²) < 4.78 is 98.1. The van der Waals surface area contributed by atoms with Crippen LogP contribution in [-0.4, -0.2) is 99.9 Å². The minimum Gasteiger partial charge on any atom is -0.497 e. The molecular formula is C45H59O15P. The average Bonchev–Trinajstić information content (AvgIpc) is 3.29. The van der Waals surface area contributed by atoms with Gasteiger partial charge < -0.3 is 65.9 Å². The van der Waals surface area contributed by atoms with Crippen molar-refractivity contribution < 1.29 is 70.5 Å². The summed E-state index contributed by atoms with van der Waals surface area (Å²) in [6.07, 6.45) is -4.20. The van der Waals surface area contributed by atoms with Gasteiger partial charge in [-0.2, -0.15) is 0 Å². The molecule has 4 aromatic rings. The lowest BCUT2D eigenvalue weighted by atomic mass is 9.96. The average molecular weight is 871 g/mol. The third-order valence-corrected chi connectivity index (χ3v) is 12.0. The van der Waals surface area contributed by atoms with Crippen LogP contribution in [0.1, 0.15) is 37.0 Å². The molecular weight excluding hydrogens is 811 g/mol. The highest BCUT2D eigenvalue weighted by Crippen LogP contribution is 2.50. The van der Waals surface area contributed by atoms with Gasteiger partial charge in [-0.05, 0) is 97.6 Å². The van der Waals surface area contributed by atoms with Crippen molar-refractivity contribution in [3.63, 3.8) is 0 Å². The Kier molecular flexibility index (Phi) is 18.2. The molecule has 0 aliphatic carbocycles. The quantitative estimate of drug-likeness (QED) is 0.0589. The molecule has 5 rings (SSSR count). The normalized spacial score (nSPS) is 18.9. The Morgan fingerprint density at radius 3 is 1.31 bits per heavy atom. The molecule has 0 spiro atoms. The van der Waals surface area contributed by atoms with Crippen molar-refractivity contribution in [2.24, 2.45) is 0 Å².